The van der Waals surface area contributed by atoms with Crippen molar-refractivity contribution in [1.29, 1.82) is 0 Å². The third-order valence-corrected chi connectivity index (χ3v) is 17.1. The number of hydrogen-bond acceptors (Lipinski definition) is 18. The number of sulfone groups is 1. The molecule has 19 atom stereocenters. The standard InChI is InChI=1S/C51H84F3N5O14S/c1-15-39-50(10,65)43(61)32(6)58(12)26-28(2)23-48(8,64)45(30(4)42(31(5)46(63)71-39)72-40-24-49(9,68-13)44(62)33(7)70-40)73-47-41(60)37(22-29(3)69-47)57(11)21-20-35-27-59(56-55-35)38(25-52)51(53,54)34-16-18-36(19-17-34)74(14,66)67/h16-19,27-33,37-45,47,60-62,64-65H,15,20-26H2,1-14H3/t28-,29-,30+,31-,32-,33+,37+,38-,39-,40+,41-,42+,43-,44+,45-,47+,48-,49-,50-/m1/s1. The molecular weight excluding hydrogens is 996 g/mol. The van der Waals surface area contributed by atoms with Gasteiger partial charge in [0.15, 0.2) is 22.4 Å². The second kappa shape index (κ2) is 24.4. The Balaban J connectivity index is 1.45. The molecule has 3 aliphatic heterocycles. The Kier molecular flexibility index (Phi) is 20.4. The van der Waals surface area contributed by atoms with Crippen molar-refractivity contribution in [1.82, 2.24) is 24.8 Å². The lowest BCUT2D eigenvalue weighted by molar-refractivity contribution is -0.318. The molecule has 0 amide bonds. The highest BCUT2D eigenvalue weighted by Crippen LogP contribution is 2.42. The normalized spacial score (nSPS) is 39.3. The van der Waals surface area contributed by atoms with Crippen molar-refractivity contribution < 1.29 is 80.3 Å². The first-order valence-corrected chi connectivity index (χ1v) is 27.5. The monoisotopic (exact) mass is 1080 g/mol. The smallest absolute Gasteiger partial charge is 0.311 e. The molecule has 1 aromatic carbocycles. The van der Waals surface area contributed by atoms with Gasteiger partial charge in [0.05, 0.1) is 52.1 Å². The topological polar surface area (TPSA) is 245 Å². The summed E-state index contributed by atoms with van der Waals surface area (Å²) in [5.74, 6) is -6.88. The summed E-state index contributed by atoms with van der Waals surface area (Å²) in [6, 6.07) is 0.612. The number of hydrogen-bond donors (Lipinski definition) is 5. The molecule has 4 heterocycles. The highest BCUT2D eigenvalue weighted by molar-refractivity contribution is 7.90. The van der Waals surface area contributed by atoms with Crippen molar-refractivity contribution in [3.05, 3.63) is 41.7 Å². The molecule has 424 valence electrons. The van der Waals surface area contributed by atoms with Gasteiger partial charge in [0, 0.05) is 69.1 Å². The number of carbonyl (C=O) groups excluding carboxylic acids is 1. The number of alkyl halides is 3. The summed E-state index contributed by atoms with van der Waals surface area (Å²) in [4.78, 5) is 18.0. The first-order chi connectivity index (χ1) is 34.2. The molecular formula is C51H84F3N5O14S. The van der Waals surface area contributed by atoms with Gasteiger partial charge in [-0.25, -0.2) is 17.5 Å². The fourth-order valence-corrected chi connectivity index (χ4v) is 11.8. The van der Waals surface area contributed by atoms with Crippen LogP contribution in [0.2, 0.25) is 0 Å². The van der Waals surface area contributed by atoms with E-state index in [1.165, 1.54) is 20.2 Å². The van der Waals surface area contributed by atoms with Gasteiger partial charge >= 0.3 is 5.97 Å². The SMILES string of the molecule is CC[C@H]1OC(=O)[C@H](C)[C@@H](O[C@H]2C[C@@](C)(OC)[C@@H](O)[C@H](C)O2)[C@H](C)[C@@H](O[C@@H]2O[C@H](C)C[C@H](N(C)CCc3cn([C@H](CF)C(F)(F)c4ccc(S(C)(=O)=O)cc4)nn3)[C@H]2O)[C@](C)(O)C[C@@H](C)CN(C)[C@H](C)[C@@H](O)[C@]1(C)O. The van der Waals surface area contributed by atoms with Crippen LogP contribution in [0.3, 0.4) is 0 Å². The molecule has 3 aliphatic rings. The largest absolute Gasteiger partial charge is 0.459 e. The van der Waals surface area contributed by atoms with E-state index in [0.717, 1.165) is 35.2 Å². The summed E-state index contributed by atoms with van der Waals surface area (Å²) < 4.78 is 108. The van der Waals surface area contributed by atoms with E-state index in [2.05, 4.69) is 10.3 Å². The van der Waals surface area contributed by atoms with Gasteiger partial charge in [0.1, 0.15) is 42.7 Å². The van der Waals surface area contributed by atoms with Crippen molar-refractivity contribution in [2.45, 2.75) is 208 Å². The number of cyclic esters (lactones) is 1. The van der Waals surface area contributed by atoms with E-state index in [0.29, 0.717) is 13.0 Å². The van der Waals surface area contributed by atoms with Gasteiger partial charge in [-0.1, -0.05) is 38.1 Å². The number of methoxy groups -OCH3 is 1. The van der Waals surface area contributed by atoms with Crippen LogP contribution in [0.4, 0.5) is 13.2 Å². The second-order valence-electron chi connectivity index (χ2n) is 22.2. The van der Waals surface area contributed by atoms with Gasteiger partial charge in [-0.2, -0.15) is 8.78 Å². The zero-order valence-electron chi connectivity index (χ0n) is 45.5. The van der Waals surface area contributed by atoms with Crippen molar-refractivity contribution in [3.63, 3.8) is 0 Å². The quantitative estimate of drug-likeness (QED) is 0.159. The van der Waals surface area contributed by atoms with Crippen LogP contribution in [0.5, 0.6) is 0 Å². The minimum absolute atomic E-state index is 0.0419. The molecule has 5 N–H and O–H groups in total. The molecule has 3 saturated heterocycles. The molecule has 2 aromatic rings. The Morgan fingerprint density at radius 2 is 1.62 bits per heavy atom. The number of aromatic nitrogens is 3. The van der Waals surface area contributed by atoms with Crippen LogP contribution in [-0.2, 0) is 55.4 Å². The lowest BCUT2D eigenvalue weighted by Gasteiger charge is -2.49. The van der Waals surface area contributed by atoms with Crippen LogP contribution in [-0.4, -0.2) is 202 Å². The number of halogens is 3. The zero-order chi connectivity index (χ0) is 55.6. The Morgan fingerprint density at radius 3 is 2.20 bits per heavy atom. The Morgan fingerprint density at radius 1 is 0.986 bits per heavy atom. The average Bonchev–Trinajstić information content (AvgIpc) is 3.79. The first kappa shape index (κ1) is 61.9. The molecule has 0 unspecified atom stereocenters. The maximum absolute atomic E-state index is 15.7. The highest BCUT2D eigenvalue weighted by atomic mass is 32.2. The summed E-state index contributed by atoms with van der Waals surface area (Å²) >= 11 is 0. The van der Waals surface area contributed by atoms with Gasteiger partial charge in [0.25, 0.3) is 5.92 Å². The molecule has 1 aromatic heterocycles. The fraction of sp³-hybridized carbons (Fsp3) is 0.824. The van der Waals surface area contributed by atoms with Gasteiger partial charge in [-0.05, 0) is 99.9 Å². The van der Waals surface area contributed by atoms with Gasteiger partial charge in [-0.15, -0.1) is 5.10 Å². The molecule has 74 heavy (non-hydrogen) atoms. The predicted octanol–water partition coefficient (Wildman–Crippen LogP) is 3.81. The number of ether oxygens (including phenoxy) is 6. The molecule has 0 radical (unpaired) electrons. The average molecular weight is 1080 g/mol. The Hall–Kier alpha value is -2.91. The van der Waals surface area contributed by atoms with E-state index in [1.807, 2.05) is 16.7 Å². The molecule has 23 heteroatoms. The van der Waals surface area contributed by atoms with Crippen LogP contribution >= 0.6 is 0 Å². The van der Waals surface area contributed by atoms with E-state index >= 15 is 8.78 Å². The summed E-state index contributed by atoms with van der Waals surface area (Å²) in [6.45, 7) is 16.0. The summed E-state index contributed by atoms with van der Waals surface area (Å²) in [6.07, 6.45) is -8.03. The number of aliphatic hydroxyl groups excluding tert-OH is 3. The maximum Gasteiger partial charge on any atom is 0.311 e. The van der Waals surface area contributed by atoms with Crippen LogP contribution in [0.1, 0.15) is 112 Å². The zero-order valence-corrected chi connectivity index (χ0v) is 46.3. The van der Waals surface area contributed by atoms with E-state index in [-0.39, 0.29) is 48.7 Å². The fourth-order valence-electron chi connectivity index (χ4n) is 11.1. The van der Waals surface area contributed by atoms with Gasteiger partial charge in [0.2, 0.25) is 0 Å². The van der Waals surface area contributed by atoms with Crippen molar-refractivity contribution in [2.24, 2.45) is 17.8 Å². The third kappa shape index (κ3) is 13.8. The summed E-state index contributed by atoms with van der Waals surface area (Å²) in [5.41, 5.74) is -5.07. The molecule has 0 saturated carbocycles. The van der Waals surface area contributed by atoms with Crippen molar-refractivity contribution in [3.8, 4) is 0 Å². The molecule has 5 rings (SSSR count). The van der Waals surface area contributed by atoms with Crippen molar-refractivity contribution in [2.75, 3.05) is 47.2 Å². The second-order valence-corrected chi connectivity index (χ2v) is 24.2. The molecule has 0 bridgehead atoms. The number of rotatable bonds is 15. The highest BCUT2D eigenvalue weighted by Gasteiger charge is 2.53. The number of aliphatic hydroxyl groups is 5. The van der Waals surface area contributed by atoms with Crippen LogP contribution in [0.25, 0.3) is 0 Å². The molecule has 19 nitrogen and oxygen atoms in total. The van der Waals surface area contributed by atoms with Crippen LogP contribution in [0.15, 0.2) is 35.4 Å². The van der Waals surface area contributed by atoms with Gasteiger partial charge in [-0.3, -0.25) is 4.79 Å². The van der Waals surface area contributed by atoms with Crippen LogP contribution < -0.4 is 0 Å². The minimum atomic E-state index is -3.79. The Bertz CT molecular complexity index is 2250. The Labute approximate surface area is 434 Å². The summed E-state index contributed by atoms with van der Waals surface area (Å²) in [7, 11) is 1.34. The minimum Gasteiger partial charge on any atom is -0.459 e. The van der Waals surface area contributed by atoms with E-state index in [9.17, 15) is 43.1 Å². The van der Waals surface area contributed by atoms with Crippen LogP contribution in [0, 0.1) is 17.8 Å². The first-order valence-electron chi connectivity index (χ1n) is 25.7. The number of carbonyl (C=O) groups is 1. The lowest BCUT2D eigenvalue weighted by atomic mass is 9.77. The van der Waals surface area contributed by atoms with E-state index in [1.54, 1.807) is 69.5 Å². The number of esters is 1. The predicted molar refractivity (Wildman–Crippen MR) is 265 cm³/mol. The number of likely N-dealkylation sites (N-methyl/N-ethyl adjacent to an activating group) is 2. The molecule has 3 fully saturated rings. The van der Waals surface area contributed by atoms with E-state index < -0.39 is 142 Å². The molecule has 0 aliphatic carbocycles. The summed E-state index contributed by atoms with van der Waals surface area (Å²) in [5, 5.41) is 67.5. The van der Waals surface area contributed by atoms with Gasteiger partial charge < -0.3 is 63.8 Å². The number of nitrogens with zero attached hydrogens (tertiary/aromatic N) is 5. The third-order valence-electron chi connectivity index (χ3n) is 15.9. The lowest BCUT2D eigenvalue weighted by Crippen LogP contribution is -2.61. The van der Waals surface area contributed by atoms with Crippen molar-refractivity contribution >= 4 is 15.8 Å². The molecule has 0 spiro atoms. The number of benzene rings is 1. The van der Waals surface area contributed by atoms with E-state index in [4.69, 9.17) is 28.4 Å². The maximum atomic E-state index is 15.7.